The molecule has 0 atom stereocenters. The highest BCUT2D eigenvalue weighted by atomic mass is 16.4. The van der Waals surface area contributed by atoms with Gasteiger partial charge in [-0.2, -0.15) is 0 Å². The van der Waals surface area contributed by atoms with Gasteiger partial charge >= 0.3 is 5.56 Å². The van der Waals surface area contributed by atoms with Crippen molar-refractivity contribution in [1.29, 1.82) is 0 Å². The Morgan fingerprint density at radius 3 is 2.59 bits per heavy atom. The molecule has 3 heterocycles. The molecule has 0 aliphatic heterocycles. The van der Waals surface area contributed by atoms with E-state index in [0.717, 1.165) is 5.56 Å². The van der Waals surface area contributed by atoms with Gasteiger partial charge in [0, 0.05) is 5.92 Å². The summed E-state index contributed by atoms with van der Waals surface area (Å²) in [6, 6.07) is 9.43. The van der Waals surface area contributed by atoms with Crippen molar-refractivity contribution >= 4 is 11.5 Å². The molecule has 0 saturated heterocycles. The molecule has 0 fully saturated rings. The van der Waals surface area contributed by atoms with E-state index in [1.54, 1.807) is 13.1 Å². The molecule has 27 heavy (non-hydrogen) atoms. The van der Waals surface area contributed by atoms with Gasteiger partial charge in [0.2, 0.25) is 5.89 Å². The number of nitrogens with one attached hydrogen (secondary N) is 1. The molecule has 0 saturated carbocycles. The second-order valence-electron chi connectivity index (χ2n) is 6.57. The van der Waals surface area contributed by atoms with Crippen LogP contribution in [-0.2, 0) is 0 Å². The van der Waals surface area contributed by atoms with Crippen molar-refractivity contribution in [3.05, 3.63) is 69.8 Å². The molecular weight excluding hydrogens is 342 g/mol. The van der Waals surface area contributed by atoms with Crippen LogP contribution >= 0.6 is 0 Å². The van der Waals surface area contributed by atoms with Gasteiger partial charge in [-0.25, -0.2) is 15.1 Å². The van der Waals surface area contributed by atoms with Gasteiger partial charge in [0.15, 0.2) is 5.65 Å². The summed E-state index contributed by atoms with van der Waals surface area (Å²) >= 11 is 0. The number of aromatic amines is 1. The van der Waals surface area contributed by atoms with E-state index in [-0.39, 0.29) is 28.7 Å². The number of hydrogen-bond acceptors (Lipinski definition) is 4. The zero-order chi connectivity index (χ0) is 19.1. The zero-order valence-electron chi connectivity index (χ0n) is 15.1. The number of nitrogens with zero attached hydrogens (tertiary/aromatic N) is 4. The third-order valence-electron chi connectivity index (χ3n) is 4.42. The molecule has 3 aromatic heterocycles. The zero-order valence-corrected chi connectivity index (χ0v) is 15.1. The van der Waals surface area contributed by atoms with Crippen LogP contribution in [0.3, 0.4) is 0 Å². The van der Waals surface area contributed by atoms with Crippen molar-refractivity contribution in [3.63, 3.8) is 0 Å². The van der Waals surface area contributed by atoms with Crippen LogP contribution in [0.25, 0.3) is 33.1 Å². The van der Waals surface area contributed by atoms with E-state index >= 15 is 0 Å². The van der Waals surface area contributed by atoms with Crippen molar-refractivity contribution in [2.75, 3.05) is 0 Å². The molecule has 1 aromatic carbocycles. The highest BCUT2D eigenvalue weighted by Gasteiger charge is 2.23. The van der Waals surface area contributed by atoms with E-state index in [1.807, 2.05) is 44.2 Å². The molecule has 4 rings (SSSR count). The monoisotopic (exact) mass is 359 g/mol. The molecule has 1 N–H and O–H groups in total. The van der Waals surface area contributed by atoms with Crippen LogP contribution in [0.5, 0.6) is 0 Å². The van der Waals surface area contributed by atoms with Crippen LogP contribution in [0.2, 0.25) is 0 Å². The maximum absolute atomic E-state index is 13.1. The Balaban J connectivity index is 2.01. The summed E-state index contributed by atoms with van der Waals surface area (Å²) in [5.41, 5.74) is 2.28. The van der Waals surface area contributed by atoms with Crippen LogP contribution < -0.4 is 5.56 Å². The van der Waals surface area contributed by atoms with Crippen molar-refractivity contribution < 1.29 is 4.42 Å². The molecule has 134 valence electrons. The molecular formula is C20H17N5O2. The van der Waals surface area contributed by atoms with E-state index < -0.39 is 0 Å². The summed E-state index contributed by atoms with van der Waals surface area (Å²) in [5, 5.41) is 2.87. The van der Waals surface area contributed by atoms with Gasteiger partial charge in [0.1, 0.15) is 11.3 Å². The molecule has 0 aliphatic carbocycles. The molecule has 0 amide bonds. The molecule has 0 spiro atoms. The Morgan fingerprint density at radius 2 is 1.96 bits per heavy atom. The van der Waals surface area contributed by atoms with Crippen LogP contribution in [0.4, 0.5) is 5.82 Å². The lowest BCUT2D eigenvalue weighted by Gasteiger charge is -2.03. The van der Waals surface area contributed by atoms with E-state index in [2.05, 4.69) is 19.9 Å². The van der Waals surface area contributed by atoms with Gasteiger partial charge in [0.05, 0.1) is 17.5 Å². The van der Waals surface area contributed by atoms with Gasteiger partial charge in [-0.1, -0.05) is 50.8 Å². The van der Waals surface area contributed by atoms with E-state index in [4.69, 9.17) is 11.0 Å². The van der Waals surface area contributed by atoms with E-state index in [9.17, 15) is 4.79 Å². The Kier molecular flexibility index (Phi) is 3.89. The number of H-pyrrole nitrogens is 1. The maximum Gasteiger partial charge on any atom is 0.301 e. The summed E-state index contributed by atoms with van der Waals surface area (Å²) < 4.78 is 7.04. The fourth-order valence-corrected chi connectivity index (χ4v) is 3.03. The smallest absolute Gasteiger partial charge is 0.301 e. The van der Waals surface area contributed by atoms with Crippen LogP contribution in [0.15, 0.2) is 45.7 Å². The lowest BCUT2D eigenvalue weighted by molar-refractivity contribution is 0.494. The summed E-state index contributed by atoms with van der Waals surface area (Å²) in [7, 11) is 0. The summed E-state index contributed by atoms with van der Waals surface area (Å²) in [6.07, 6.45) is 1.63. The van der Waals surface area contributed by atoms with Crippen molar-refractivity contribution in [3.8, 4) is 22.6 Å². The summed E-state index contributed by atoms with van der Waals surface area (Å²) in [6.45, 7) is 13.2. The highest BCUT2D eigenvalue weighted by Crippen LogP contribution is 2.33. The topological polar surface area (TPSA) is 80.5 Å². The molecule has 0 radical (unpaired) electrons. The molecule has 0 aliphatic rings. The van der Waals surface area contributed by atoms with Crippen molar-refractivity contribution in [2.45, 2.75) is 26.7 Å². The van der Waals surface area contributed by atoms with Gasteiger partial charge < -0.3 is 9.26 Å². The van der Waals surface area contributed by atoms with Gasteiger partial charge in [0.25, 0.3) is 5.82 Å². The van der Waals surface area contributed by atoms with E-state index in [0.29, 0.717) is 22.7 Å². The number of fused-ring (bicyclic) bond motifs is 1. The first-order valence-electron chi connectivity index (χ1n) is 8.55. The quantitative estimate of drug-likeness (QED) is 0.552. The first-order valence-corrected chi connectivity index (χ1v) is 8.55. The number of rotatable bonds is 3. The summed E-state index contributed by atoms with van der Waals surface area (Å²) in [4.78, 5) is 25.5. The van der Waals surface area contributed by atoms with Crippen LogP contribution in [0, 0.1) is 13.5 Å². The number of oxazole rings is 1. The lowest BCUT2D eigenvalue weighted by atomic mass is 10.1. The second kappa shape index (κ2) is 6.25. The number of hydrogen-bond donors (Lipinski definition) is 1. The average molecular weight is 359 g/mol. The SMILES string of the molecule is [C-]#[N+]c1[nH]n2c(=O)c(-c3ncc(C(C)C)o3)c(C)nc2c1-c1ccccc1. The largest absolute Gasteiger partial charge is 0.441 e. The fraction of sp³-hybridized carbons (Fsp3) is 0.200. The minimum Gasteiger partial charge on any atom is -0.441 e. The first-order chi connectivity index (χ1) is 13.0. The predicted molar refractivity (Wildman–Crippen MR) is 102 cm³/mol. The maximum atomic E-state index is 13.1. The van der Waals surface area contributed by atoms with Gasteiger partial charge in [-0.15, -0.1) is 4.52 Å². The normalized spacial score (nSPS) is 11.2. The number of aryl methyl sites for hydroxylation is 1. The Labute approximate surface area is 155 Å². The van der Waals surface area contributed by atoms with Crippen molar-refractivity contribution in [1.82, 2.24) is 19.6 Å². The molecule has 7 nitrogen and oxygen atoms in total. The molecule has 7 heteroatoms. The van der Waals surface area contributed by atoms with Gasteiger partial charge in [-0.05, 0) is 12.5 Å². The van der Waals surface area contributed by atoms with Crippen LogP contribution in [0.1, 0.15) is 31.2 Å². The van der Waals surface area contributed by atoms with E-state index in [1.165, 1.54) is 4.52 Å². The lowest BCUT2D eigenvalue weighted by Crippen LogP contribution is -2.19. The molecule has 0 bridgehead atoms. The Morgan fingerprint density at radius 1 is 1.22 bits per heavy atom. The minimum absolute atomic E-state index is 0.162. The Hall–Kier alpha value is -3.66. The first kappa shape index (κ1) is 16.8. The predicted octanol–water partition coefficient (Wildman–Crippen LogP) is 4.33. The van der Waals surface area contributed by atoms with Crippen molar-refractivity contribution in [2.24, 2.45) is 0 Å². The molecule has 4 aromatic rings. The third kappa shape index (κ3) is 2.62. The van der Waals surface area contributed by atoms with Crippen LogP contribution in [-0.4, -0.2) is 19.6 Å². The van der Waals surface area contributed by atoms with Gasteiger partial charge in [-0.3, -0.25) is 4.79 Å². The number of benzene rings is 1. The standard InChI is InChI=1S/C20H17N5O2/c1-11(2)14-10-22-19(27-14)15-12(3)23-18-16(13-8-6-5-7-9-13)17(21-4)24-25(18)20(15)26/h5-11,24H,1-3H3. The summed E-state index contributed by atoms with van der Waals surface area (Å²) in [5.74, 6) is 1.36. The Bertz CT molecular complexity index is 1240. The third-order valence-corrected chi connectivity index (χ3v) is 4.42. The highest BCUT2D eigenvalue weighted by molar-refractivity contribution is 5.88. The second-order valence-corrected chi connectivity index (χ2v) is 6.57. The average Bonchev–Trinajstić information content (AvgIpc) is 3.27. The minimum atomic E-state index is -0.346. The molecule has 0 unspecified atom stereocenters. The number of aromatic nitrogens is 4. The fourth-order valence-electron chi connectivity index (χ4n) is 3.03.